The molecular weight excluding hydrogens is 317 g/mol. The fourth-order valence-electron chi connectivity index (χ4n) is 2.53. The van der Waals surface area contributed by atoms with Crippen molar-refractivity contribution in [3.05, 3.63) is 34.2 Å². The molecule has 0 amide bonds. The number of carbonyl (C=O) groups is 2. The first kappa shape index (κ1) is 12.3. The second-order valence-electron chi connectivity index (χ2n) is 4.55. The zero-order valence-electron chi connectivity index (χ0n) is 9.69. The average molecular weight is 326 g/mol. The molecule has 1 aromatic heterocycles. The molecule has 0 spiro atoms. The lowest BCUT2D eigenvalue weighted by Crippen LogP contribution is -2.31. The maximum atomic E-state index is 13.4. The molecule has 0 saturated heterocycles. The van der Waals surface area contributed by atoms with Gasteiger partial charge in [0, 0.05) is 16.4 Å². The number of carbonyl (C=O) groups excluding carboxylic acids is 1. The Kier molecular flexibility index (Phi) is 2.70. The number of nitrogens with zero attached hydrogens (tertiary/aromatic N) is 1. The second kappa shape index (κ2) is 4.16. The lowest BCUT2D eigenvalue weighted by Gasteiger charge is -2.20. The van der Waals surface area contributed by atoms with Gasteiger partial charge in [0.2, 0.25) is 0 Å². The minimum Gasteiger partial charge on any atom is -0.481 e. The highest BCUT2D eigenvalue weighted by Gasteiger charge is 2.34. The predicted octanol–water partition coefficient (Wildman–Crippen LogP) is 2.83. The Morgan fingerprint density at radius 1 is 1.42 bits per heavy atom. The van der Waals surface area contributed by atoms with Crippen LogP contribution in [0.2, 0.25) is 0 Å². The monoisotopic (exact) mass is 325 g/mol. The van der Waals surface area contributed by atoms with E-state index in [-0.39, 0.29) is 6.42 Å². The number of aryl methyl sites for hydroxylation is 1. The number of fused-ring (bicyclic) bond motifs is 3. The Morgan fingerprint density at radius 2 is 2.16 bits per heavy atom. The first-order valence-corrected chi connectivity index (χ1v) is 6.53. The van der Waals surface area contributed by atoms with E-state index in [4.69, 9.17) is 5.11 Å². The lowest BCUT2D eigenvalue weighted by atomic mass is 9.95. The molecule has 6 heteroatoms. The molecule has 2 aromatic rings. The van der Waals surface area contributed by atoms with Crippen LogP contribution in [0.25, 0.3) is 10.9 Å². The van der Waals surface area contributed by atoms with Crippen LogP contribution in [0.4, 0.5) is 4.39 Å². The normalized spacial score (nSPS) is 18.6. The van der Waals surface area contributed by atoms with Gasteiger partial charge >= 0.3 is 5.97 Å². The predicted molar refractivity (Wildman–Crippen MR) is 69.7 cm³/mol. The molecule has 19 heavy (non-hydrogen) atoms. The highest BCUT2D eigenvalue weighted by molar-refractivity contribution is 9.10. The van der Waals surface area contributed by atoms with Gasteiger partial charge in [-0.2, -0.15) is 0 Å². The third-order valence-corrected chi connectivity index (χ3v) is 4.10. The summed E-state index contributed by atoms with van der Waals surface area (Å²) >= 11 is 3.26. The van der Waals surface area contributed by atoms with Crippen molar-refractivity contribution >= 4 is 38.6 Å². The highest BCUT2D eigenvalue weighted by Crippen LogP contribution is 2.33. The van der Waals surface area contributed by atoms with Gasteiger partial charge in [0.25, 0.3) is 0 Å². The maximum absolute atomic E-state index is 13.4. The van der Waals surface area contributed by atoms with Gasteiger partial charge in [0.05, 0.1) is 11.2 Å². The zero-order valence-corrected chi connectivity index (χ0v) is 11.3. The van der Waals surface area contributed by atoms with Crippen molar-refractivity contribution in [2.75, 3.05) is 0 Å². The van der Waals surface area contributed by atoms with Crippen LogP contribution in [-0.4, -0.2) is 21.4 Å². The molecule has 3 rings (SSSR count). The smallest absolute Gasteiger partial charge is 0.314 e. The summed E-state index contributed by atoms with van der Waals surface area (Å²) in [7, 11) is 0. The van der Waals surface area contributed by atoms with Crippen LogP contribution in [0.5, 0.6) is 0 Å². The number of Topliss-reactive ketones (excluding diaryl/α,β-unsaturated/α-hetero) is 1. The second-order valence-corrected chi connectivity index (χ2v) is 5.40. The van der Waals surface area contributed by atoms with Crippen LogP contribution < -0.4 is 0 Å². The topological polar surface area (TPSA) is 59.3 Å². The summed E-state index contributed by atoms with van der Waals surface area (Å²) in [5.74, 6) is -2.91. The van der Waals surface area contributed by atoms with E-state index in [0.717, 1.165) is 5.39 Å². The molecule has 98 valence electrons. The summed E-state index contributed by atoms with van der Waals surface area (Å²) in [6, 6.07) is 4.31. The van der Waals surface area contributed by atoms with Gasteiger partial charge in [0.1, 0.15) is 11.7 Å². The molecule has 1 N–H and O–H groups in total. The van der Waals surface area contributed by atoms with E-state index >= 15 is 0 Å². The first-order chi connectivity index (χ1) is 8.99. The Morgan fingerprint density at radius 3 is 2.84 bits per heavy atom. The van der Waals surface area contributed by atoms with Gasteiger partial charge in [0.15, 0.2) is 5.78 Å². The molecule has 1 atom stereocenters. The van der Waals surface area contributed by atoms with Crippen molar-refractivity contribution in [2.45, 2.75) is 13.0 Å². The van der Waals surface area contributed by atoms with Crippen LogP contribution in [0, 0.1) is 11.7 Å². The molecule has 0 fully saturated rings. The maximum Gasteiger partial charge on any atom is 0.314 e. The summed E-state index contributed by atoms with van der Waals surface area (Å²) in [5, 5.41) is 9.73. The first-order valence-electron chi connectivity index (χ1n) is 5.74. The van der Waals surface area contributed by atoms with Crippen molar-refractivity contribution in [1.82, 2.24) is 4.57 Å². The standard InChI is InChI=1S/C13H9BrFNO3/c14-9-3-6(15)4-10-8(9)5-11-12(17)7(13(18)19)1-2-16(10)11/h3-5,7H,1-2H2,(H,18,19). The number of ketones is 1. The minimum atomic E-state index is -1.10. The number of hydrogen-bond acceptors (Lipinski definition) is 2. The summed E-state index contributed by atoms with van der Waals surface area (Å²) in [4.78, 5) is 23.1. The molecule has 1 aliphatic heterocycles. The fourth-order valence-corrected chi connectivity index (χ4v) is 3.07. The molecule has 1 aromatic carbocycles. The summed E-state index contributed by atoms with van der Waals surface area (Å²) in [6.07, 6.45) is 0.235. The van der Waals surface area contributed by atoms with Gasteiger partial charge in [-0.25, -0.2) is 4.39 Å². The Balaban J connectivity index is 2.25. The molecule has 2 heterocycles. The fraction of sp³-hybridized carbons (Fsp3) is 0.231. The molecule has 0 saturated carbocycles. The minimum absolute atomic E-state index is 0.235. The summed E-state index contributed by atoms with van der Waals surface area (Å²) < 4.78 is 15.7. The lowest BCUT2D eigenvalue weighted by molar-refractivity contribution is -0.140. The van der Waals surface area contributed by atoms with Crippen molar-refractivity contribution in [3.63, 3.8) is 0 Å². The van der Waals surface area contributed by atoms with Crippen LogP contribution in [-0.2, 0) is 11.3 Å². The van der Waals surface area contributed by atoms with E-state index in [0.29, 0.717) is 22.2 Å². The van der Waals surface area contributed by atoms with Crippen molar-refractivity contribution in [3.8, 4) is 0 Å². The number of aliphatic carboxylic acids is 1. The van der Waals surface area contributed by atoms with Gasteiger partial charge in [-0.3, -0.25) is 9.59 Å². The van der Waals surface area contributed by atoms with E-state index in [1.54, 1.807) is 10.6 Å². The van der Waals surface area contributed by atoms with E-state index in [1.807, 2.05) is 0 Å². The number of benzene rings is 1. The van der Waals surface area contributed by atoms with Gasteiger partial charge in [-0.1, -0.05) is 0 Å². The van der Waals surface area contributed by atoms with Crippen LogP contribution in [0.3, 0.4) is 0 Å². The third-order valence-electron chi connectivity index (χ3n) is 3.44. The molecule has 1 unspecified atom stereocenters. The van der Waals surface area contributed by atoms with E-state index in [2.05, 4.69) is 15.9 Å². The molecule has 0 bridgehead atoms. The van der Waals surface area contributed by atoms with Gasteiger partial charge in [-0.05, 0) is 40.5 Å². The summed E-state index contributed by atoms with van der Waals surface area (Å²) in [5.41, 5.74) is 0.944. The van der Waals surface area contributed by atoms with E-state index < -0.39 is 23.5 Å². The van der Waals surface area contributed by atoms with Crippen LogP contribution in [0.1, 0.15) is 16.9 Å². The number of halogens is 2. The average Bonchev–Trinajstić information content (AvgIpc) is 2.69. The van der Waals surface area contributed by atoms with Gasteiger partial charge < -0.3 is 9.67 Å². The number of carboxylic acid groups (broad SMARTS) is 1. The summed E-state index contributed by atoms with van der Waals surface area (Å²) in [6.45, 7) is 0.400. The Bertz CT molecular complexity index is 722. The Hall–Kier alpha value is -1.69. The van der Waals surface area contributed by atoms with E-state index in [9.17, 15) is 14.0 Å². The molecule has 4 nitrogen and oxygen atoms in total. The number of aromatic nitrogens is 1. The van der Waals surface area contributed by atoms with Crippen LogP contribution >= 0.6 is 15.9 Å². The molecular formula is C13H9BrFNO3. The highest BCUT2D eigenvalue weighted by atomic mass is 79.9. The SMILES string of the molecule is O=C(O)C1CCn2c(cc3c(Br)cc(F)cc32)C1=O. The quantitative estimate of drug-likeness (QED) is 0.820. The number of rotatable bonds is 1. The van der Waals surface area contributed by atoms with Gasteiger partial charge in [-0.15, -0.1) is 0 Å². The van der Waals surface area contributed by atoms with E-state index in [1.165, 1.54) is 12.1 Å². The number of hydrogen-bond donors (Lipinski definition) is 1. The third kappa shape index (κ3) is 1.78. The van der Waals surface area contributed by atoms with Crippen LogP contribution in [0.15, 0.2) is 22.7 Å². The van der Waals surface area contributed by atoms with Crippen molar-refractivity contribution < 1.29 is 19.1 Å². The largest absolute Gasteiger partial charge is 0.481 e. The molecule has 0 radical (unpaired) electrons. The molecule has 0 aliphatic carbocycles. The van der Waals surface area contributed by atoms with Crippen molar-refractivity contribution in [2.24, 2.45) is 5.92 Å². The molecule has 1 aliphatic rings. The number of carboxylic acids is 1. The van der Waals surface area contributed by atoms with Crippen molar-refractivity contribution in [1.29, 1.82) is 0 Å². The zero-order chi connectivity index (χ0) is 13.7. The Labute approximate surface area is 116 Å².